The Morgan fingerprint density at radius 1 is 0.852 bits per heavy atom. The smallest absolute Gasteiger partial charge is 0.256 e. The van der Waals surface area contributed by atoms with Gasteiger partial charge in [0, 0.05) is 29.9 Å². The molecule has 5 heteroatoms. The average molecular weight is 360 g/mol. The number of hydrogen-bond donors (Lipinski definition) is 1. The molecule has 136 valence electrons. The standard InChI is InChI=1S/C22H20N2O3/c25-21(20-7-3-5-16-4-1-2-6-19(16)20)23-18-10-8-17(9-11-18)22(26)24-12-14-27-15-13-24/h1-11H,12-15H2,(H,23,25). The Bertz CT molecular complexity index is 971. The normalized spacial score (nSPS) is 14.1. The Hall–Kier alpha value is -3.18. The molecule has 1 aliphatic rings. The summed E-state index contributed by atoms with van der Waals surface area (Å²) in [5, 5.41) is 4.85. The largest absolute Gasteiger partial charge is 0.378 e. The van der Waals surface area contributed by atoms with Gasteiger partial charge in [0.05, 0.1) is 13.2 Å². The van der Waals surface area contributed by atoms with Gasteiger partial charge in [-0.1, -0.05) is 36.4 Å². The lowest BCUT2D eigenvalue weighted by Gasteiger charge is -2.26. The number of hydrogen-bond acceptors (Lipinski definition) is 3. The van der Waals surface area contributed by atoms with Gasteiger partial charge in [-0.25, -0.2) is 0 Å². The Morgan fingerprint density at radius 2 is 1.56 bits per heavy atom. The topological polar surface area (TPSA) is 58.6 Å². The summed E-state index contributed by atoms with van der Waals surface area (Å²) in [6.45, 7) is 2.37. The molecule has 1 saturated heterocycles. The molecule has 27 heavy (non-hydrogen) atoms. The van der Waals surface area contributed by atoms with E-state index in [2.05, 4.69) is 5.32 Å². The number of morpholine rings is 1. The second-order valence-corrected chi connectivity index (χ2v) is 6.46. The number of fused-ring (bicyclic) bond motifs is 1. The van der Waals surface area contributed by atoms with Crippen molar-refractivity contribution in [3.8, 4) is 0 Å². The van der Waals surface area contributed by atoms with Crippen molar-refractivity contribution >= 4 is 28.3 Å². The molecule has 2 amide bonds. The summed E-state index contributed by atoms with van der Waals surface area (Å²) < 4.78 is 5.28. The number of anilines is 1. The highest BCUT2D eigenvalue weighted by atomic mass is 16.5. The van der Waals surface area contributed by atoms with E-state index in [4.69, 9.17) is 4.74 Å². The van der Waals surface area contributed by atoms with Crippen molar-refractivity contribution < 1.29 is 14.3 Å². The molecule has 1 N–H and O–H groups in total. The van der Waals surface area contributed by atoms with E-state index in [1.165, 1.54) is 0 Å². The number of benzene rings is 3. The molecule has 1 heterocycles. The van der Waals surface area contributed by atoms with Crippen LogP contribution in [0.5, 0.6) is 0 Å². The van der Waals surface area contributed by atoms with E-state index in [-0.39, 0.29) is 11.8 Å². The summed E-state index contributed by atoms with van der Waals surface area (Å²) in [5.41, 5.74) is 1.90. The Labute approximate surface area is 157 Å². The maximum absolute atomic E-state index is 12.7. The van der Waals surface area contributed by atoms with Gasteiger partial charge in [0.2, 0.25) is 0 Å². The van der Waals surface area contributed by atoms with Gasteiger partial charge in [0.15, 0.2) is 0 Å². The Morgan fingerprint density at radius 3 is 2.33 bits per heavy atom. The summed E-state index contributed by atoms with van der Waals surface area (Å²) in [6, 6.07) is 20.5. The third-order valence-corrected chi connectivity index (χ3v) is 4.72. The number of amides is 2. The second kappa shape index (κ2) is 7.60. The summed E-state index contributed by atoms with van der Waals surface area (Å²) in [7, 11) is 0. The van der Waals surface area contributed by atoms with Crippen LogP contribution in [-0.2, 0) is 4.74 Å². The van der Waals surface area contributed by atoms with Gasteiger partial charge in [-0.3, -0.25) is 9.59 Å². The van der Waals surface area contributed by atoms with Crippen molar-refractivity contribution in [1.82, 2.24) is 4.90 Å². The van der Waals surface area contributed by atoms with E-state index in [1.54, 1.807) is 29.2 Å². The molecule has 0 bridgehead atoms. The molecule has 0 radical (unpaired) electrons. The van der Waals surface area contributed by atoms with Crippen molar-refractivity contribution in [1.29, 1.82) is 0 Å². The third kappa shape index (κ3) is 3.68. The molecular weight excluding hydrogens is 340 g/mol. The van der Waals surface area contributed by atoms with Crippen LogP contribution in [0, 0.1) is 0 Å². The van der Waals surface area contributed by atoms with Crippen LogP contribution < -0.4 is 5.32 Å². The lowest BCUT2D eigenvalue weighted by Crippen LogP contribution is -2.40. The number of ether oxygens (including phenoxy) is 1. The van der Waals surface area contributed by atoms with Gasteiger partial charge in [-0.15, -0.1) is 0 Å². The summed E-state index contributed by atoms with van der Waals surface area (Å²) in [5.74, 6) is -0.177. The third-order valence-electron chi connectivity index (χ3n) is 4.72. The molecular formula is C22H20N2O3. The van der Waals surface area contributed by atoms with Gasteiger partial charge >= 0.3 is 0 Å². The van der Waals surface area contributed by atoms with Crippen molar-refractivity contribution in [2.45, 2.75) is 0 Å². The van der Waals surface area contributed by atoms with Crippen LogP contribution in [0.4, 0.5) is 5.69 Å². The van der Waals surface area contributed by atoms with Crippen LogP contribution in [0.25, 0.3) is 10.8 Å². The number of nitrogens with zero attached hydrogens (tertiary/aromatic N) is 1. The fourth-order valence-electron chi connectivity index (χ4n) is 3.27. The van der Waals surface area contributed by atoms with Gasteiger partial charge in [0.25, 0.3) is 11.8 Å². The van der Waals surface area contributed by atoms with Crippen LogP contribution in [0.2, 0.25) is 0 Å². The number of nitrogens with one attached hydrogen (secondary N) is 1. The van der Waals surface area contributed by atoms with Crippen molar-refractivity contribution in [2.24, 2.45) is 0 Å². The van der Waals surface area contributed by atoms with Crippen LogP contribution in [0.1, 0.15) is 20.7 Å². The highest BCUT2D eigenvalue weighted by molar-refractivity contribution is 6.13. The Kier molecular flexibility index (Phi) is 4.85. The quantitative estimate of drug-likeness (QED) is 0.777. The van der Waals surface area contributed by atoms with Crippen LogP contribution >= 0.6 is 0 Å². The van der Waals surface area contributed by atoms with Gasteiger partial charge in [-0.2, -0.15) is 0 Å². The summed E-state index contributed by atoms with van der Waals surface area (Å²) >= 11 is 0. The molecule has 0 atom stereocenters. The lowest BCUT2D eigenvalue weighted by molar-refractivity contribution is 0.0303. The molecule has 4 rings (SSSR count). The number of carbonyl (C=O) groups excluding carboxylic acids is 2. The highest BCUT2D eigenvalue weighted by Gasteiger charge is 2.18. The van der Waals surface area contributed by atoms with Crippen LogP contribution in [0.3, 0.4) is 0 Å². The predicted octanol–water partition coefficient (Wildman–Crippen LogP) is 3.56. The molecule has 0 unspecified atom stereocenters. The average Bonchev–Trinajstić information content (AvgIpc) is 2.74. The van der Waals surface area contributed by atoms with Crippen molar-refractivity contribution in [3.63, 3.8) is 0 Å². The Balaban J connectivity index is 1.49. The fraction of sp³-hybridized carbons (Fsp3) is 0.182. The molecule has 0 aliphatic carbocycles. The van der Waals surface area contributed by atoms with E-state index in [0.29, 0.717) is 43.1 Å². The lowest BCUT2D eigenvalue weighted by atomic mass is 10.0. The van der Waals surface area contributed by atoms with E-state index < -0.39 is 0 Å². The summed E-state index contributed by atoms with van der Waals surface area (Å²) in [4.78, 5) is 27.0. The van der Waals surface area contributed by atoms with E-state index in [0.717, 1.165) is 10.8 Å². The summed E-state index contributed by atoms with van der Waals surface area (Å²) in [6.07, 6.45) is 0. The molecule has 0 aromatic heterocycles. The van der Waals surface area contributed by atoms with E-state index in [1.807, 2.05) is 42.5 Å². The van der Waals surface area contributed by atoms with E-state index >= 15 is 0 Å². The predicted molar refractivity (Wildman–Crippen MR) is 105 cm³/mol. The minimum atomic E-state index is -0.168. The zero-order valence-corrected chi connectivity index (χ0v) is 14.9. The zero-order valence-electron chi connectivity index (χ0n) is 14.9. The van der Waals surface area contributed by atoms with Crippen LogP contribution in [-0.4, -0.2) is 43.0 Å². The molecule has 0 spiro atoms. The van der Waals surface area contributed by atoms with Crippen molar-refractivity contribution in [3.05, 3.63) is 77.9 Å². The molecule has 3 aromatic rings. The minimum Gasteiger partial charge on any atom is -0.378 e. The maximum Gasteiger partial charge on any atom is 0.256 e. The van der Waals surface area contributed by atoms with Crippen molar-refractivity contribution in [2.75, 3.05) is 31.6 Å². The first-order chi connectivity index (χ1) is 13.2. The molecule has 0 saturated carbocycles. The fourth-order valence-corrected chi connectivity index (χ4v) is 3.27. The minimum absolute atomic E-state index is 0.00905. The van der Waals surface area contributed by atoms with Gasteiger partial charge in [0.1, 0.15) is 0 Å². The molecule has 1 fully saturated rings. The molecule has 5 nitrogen and oxygen atoms in total. The molecule has 3 aromatic carbocycles. The first kappa shape index (κ1) is 17.2. The second-order valence-electron chi connectivity index (χ2n) is 6.46. The van der Waals surface area contributed by atoms with E-state index in [9.17, 15) is 9.59 Å². The zero-order chi connectivity index (χ0) is 18.6. The maximum atomic E-state index is 12.7. The van der Waals surface area contributed by atoms with Crippen LogP contribution in [0.15, 0.2) is 66.7 Å². The SMILES string of the molecule is O=C(Nc1ccc(C(=O)N2CCOCC2)cc1)c1cccc2ccccc12. The van der Waals surface area contributed by atoms with Gasteiger partial charge < -0.3 is 15.0 Å². The molecule has 1 aliphatic heterocycles. The first-order valence-electron chi connectivity index (χ1n) is 8.98. The highest BCUT2D eigenvalue weighted by Crippen LogP contribution is 2.20. The first-order valence-corrected chi connectivity index (χ1v) is 8.98. The number of rotatable bonds is 3. The monoisotopic (exact) mass is 360 g/mol. The van der Waals surface area contributed by atoms with Gasteiger partial charge in [-0.05, 0) is 41.1 Å². The number of carbonyl (C=O) groups is 2.